The van der Waals surface area contributed by atoms with Crippen LogP contribution in [0.1, 0.15) is 0 Å². The molecule has 0 aliphatic carbocycles. The molecule has 0 aliphatic rings. The molecule has 0 amide bonds. The van der Waals surface area contributed by atoms with Gasteiger partial charge in [-0.1, -0.05) is 29.5 Å². The monoisotopic (exact) mass is 243 g/mol. The van der Waals surface area contributed by atoms with Crippen molar-refractivity contribution in [3.05, 3.63) is 36.5 Å². The van der Waals surface area contributed by atoms with Gasteiger partial charge >= 0.3 is 0 Å². The number of rotatable bonds is 2. The van der Waals surface area contributed by atoms with E-state index >= 15 is 0 Å². The van der Waals surface area contributed by atoms with E-state index < -0.39 is 0 Å². The van der Waals surface area contributed by atoms with Crippen molar-refractivity contribution >= 4 is 38.5 Å². The zero-order chi connectivity index (χ0) is 11.7. The molecule has 5 nitrogen and oxygen atoms in total. The van der Waals surface area contributed by atoms with Crippen LogP contribution in [-0.4, -0.2) is 15.0 Å². The summed E-state index contributed by atoms with van der Waals surface area (Å²) in [6, 6.07) is 9.81. The molecule has 0 spiro atoms. The molecule has 0 saturated carbocycles. The molecule has 2 aromatic heterocycles. The maximum absolute atomic E-state index is 5.60. The van der Waals surface area contributed by atoms with Gasteiger partial charge in [0, 0.05) is 5.69 Å². The van der Waals surface area contributed by atoms with Crippen LogP contribution < -0.4 is 11.1 Å². The largest absolute Gasteiger partial charge is 0.375 e. The fourth-order valence-electron chi connectivity index (χ4n) is 1.47. The Hall–Kier alpha value is -2.21. The van der Waals surface area contributed by atoms with Crippen molar-refractivity contribution in [1.29, 1.82) is 0 Å². The molecule has 6 heteroatoms. The van der Waals surface area contributed by atoms with Crippen molar-refractivity contribution in [2.24, 2.45) is 0 Å². The Bertz CT molecular complexity index is 649. The number of aromatic nitrogens is 3. The van der Waals surface area contributed by atoms with Gasteiger partial charge in [0.25, 0.3) is 0 Å². The normalized spacial score (nSPS) is 10.6. The molecule has 3 N–H and O–H groups in total. The number of hydrogen-bond donors (Lipinski definition) is 2. The minimum atomic E-state index is 0.483. The second kappa shape index (κ2) is 3.99. The smallest absolute Gasteiger partial charge is 0.191 e. The van der Waals surface area contributed by atoms with Crippen LogP contribution in [0.25, 0.3) is 10.5 Å². The van der Waals surface area contributed by atoms with Crippen LogP contribution in [-0.2, 0) is 0 Å². The lowest BCUT2D eigenvalue weighted by Gasteiger charge is -2.03. The van der Waals surface area contributed by atoms with Gasteiger partial charge in [0.1, 0.15) is 0 Å². The lowest BCUT2D eigenvalue weighted by Crippen LogP contribution is -1.94. The Morgan fingerprint density at radius 3 is 2.76 bits per heavy atom. The van der Waals surface area contributed by atoms with Crippen LogP contribution in [0.4, 0.5) is 16.6 Å². The Kier molecular flexibility index (Phi) is 2.34. The quantitative estimate of drug-likeness (QED) is 0.722. The third-order valence-electron chi connectivity index (χ3n) is 2.19. The first-order valence-corrected chi connectivity index (χ1v) is 5.84. The highest BCUT2D eigenvalue weighted by Crippen LogP contribution is 2.22. The number of benzene rings is 1. The summed E-state index contributed by atoms with van der Waals surface area (Å²) >= 11 is 1.33. The Balaban J connectivity index is 1.95. The lowest BCUT2D eigenvalue weighted by molar-refractivity contribution is 1.26. The van der Waals surface area contributed by atoms with Gasteiger partial charge in [0.2, 0.25) is 0 Å². The molecule has 3 aromatic rings. The van der Waals surface area contributed by atoms with Crippen molar-refractivity contribution in [1.82, 2.24) is 15.0 Å². The first-order valence-electron chi connectivity index (χ1n) is 5.02. The fraction of sp³-hybridized carbons (Fsp3) is 0. The summed E-state index contributed by atoms with van der Waals surface area (Å²) in [6.07, 6.45) is 1.65. The highest BCUT2D eigenvalue weighted by molar-refractivity contribution is 7.21. The molecule has 0 radical (unpaired) electrons. The second-order valence-electron chi connectivity index (χ2n) is 3.43. The van der Waals surface area contributed by atoms with E-state index in [9.17, 15) is 0 Å². The molecule has 84 valence electrons. The summed E-state index contributed by atoms with van der Waals surface area (Å²) in [5.74, 6) is 0.687. The molecule has 3 rings (SSSR count). The average Bonchev–Trinajstić information content (AvgIpc) is 2.70. The predicted octanol–water partition coefficient (Wildman–Crippen LogP) is 2.41. The summed E-state index contributed by atoms with van der Waals surface area (Å²) in [4.78, 5) is 13.4. The van der Waals surface area contributed by atoms with Crippen LogP contribution in [0.3, 0.4) is 0 Å². The molecule has 0 bridgehead atoms. The molecule has 1 aromatic carbocycles. The number of anilines is 3. The van der Waals surface area contributed by atoms with E-state index in [1.165, 1.54) is 11.3 Å². The van der Waals surface area contributed by atoms with Crippen LogP contribution in [0.5, 0.6) is 0 Å². The Labute approximate surface area is 101 Å². The van der Waals surface area contributed by atoms with Crippen LogP contribution in [0.15, 0.2) is 36.5 Å². The minimum absolute atomic E-state index is 0.483. The number of fused-ring (bicyclic) bond motifs is 1. The Morgan fingerprint density at radius 1 is 1.12 bits per heavy atom. The lowest BCUT2D eigenvalue weighted by atomic mass is 10.3. The summed E-state index contributed by atoms with van der Waals surface area (Å²) in [5.41, 5.74) is 7.16. The summed E-state index contributed by atoms with van der Waals surface area (Å²) in [7, 11) is 0. The molecule has 17 heavy (non-hydrogen) atoms. The first-order chi connectivity index (χ1) is 8.31. The van der Waals surface area contributed by atoms with E-state index in [-0.39, 0.29) is 0 Å². The van der Waals surface area contributed by atoms with Crippen molar-refractivity contribution in [2.45, 2.75) is 0 Å². The van der Waals surface area contributed by atoms with E-state index in [2.05, 4.69) is 20.3 Å². The number of hydrogen-bond acceptors (Lipinski definition) is 6. The van der Waals surface area contributed by atoms with Gasteiger partial charge in [-0.2, -0.15) is 4.98 Å². The van der Waals surface area contributed by atoms with Gasteiger partial charge in [-0.25, -0.2) is 9.97 Å². The molecule has 0 aliphatic heterocycles. The van der Waals surface area contributed by atoms with Gasteiger partial charge in [-0.3, -0.25) is 0 Å². The maximum Gasteiger partial charge on any atom is 0.191 e. The van der Waals surface area contributed by atoms with Crippen LogP contribution in [0, 0.1) is 0 Å². The topological polar surface area (TPSA) is 76.7 Å². The average molecular weight is 243 g/mol. The molecule has 2 heterocycles. The van der Waals surface area contributed by atoms with Gasteiger partial charge < -0.3 is 11.1 Å². The zero-order valence-corrected chi connectivity index (χ0v) is 9.61. The highest BCUT2D eigenvalue weighted by atomic mass is 32.1. The van der Waals surface area contributed by atoms with Crippen molar-refractivity contribution in [2.75, 3.05) is 11.1 Å². The SMILES string of the molecule is Nc1nc2ncc(Nc3ccccc3)nc2s1. The maximum atomic E-state index is 5.60. The molecule has 0 unspecified atom stereocenters. The van der Waals surface area contributed by atoms with Crippen molar-refractivity contribution in [3.63, 3.8) is 0 Å². The van der Waals surface area contributed by atoms with Gasteiger partial charge in [-0.05, 0) is 12.1 Å². The van der Waals surface area contributed by atoms with E-state index in [4.69, 9.17) is 5.73 Å². The Morgan fingerprint density at radius 2 is 1.94 bits per heavy atom. The number of nitrogens with zero attached hydrogens (tertiary/aromatic N) is 3. The third-order valence-corrected chi connectivity index (χ3v) is 2.95. The molecular weight excluding hydrogens is 234 g/mol. The van der Waals surface area contributed by atoms with Crippen molar-refractivity contribution in [3.8, 4) is 0 Å². The minimum Gasteiger partial charge on any atom is -0.375 e. The molecule has 0 fully saturated rings. The van der Waals surface area contributed by atoms with Crippen LogP contribution in [0.2, 0.25) is 0 Å². The molecule has 0 atom stereocenters. The summed E-state index contributed by atoms with van der Waals surface area (Å²) in [6.45, 7) is 0. The van der Waals surface area contributed by atoms with Crippen molar-refractivity contribution < 1.29 is 0 Å². The van der Waals surface area contributed by atoms with E-state index in [1.54, 1.807) is 6.20 Å². The van der Waals surface area contributed by atoms with E-state index in [0.29, 0.717) is 16.6 Å². The standard InChI is InChI=1S/C11H9N5S/c12-11-16-9-10(17-11)15-8(6-13-9)14-7-4-2-1-3-5-7/h1-6H,(H,14,15)(H2,12,13,16). The zero-order valence-electron chi connectivity index (χ0n) is 8.79. The predicted molar refractivity (Wildman–Crippen MR) is 69.3 cm³/mol. The number of para-hydroxylation sites is 1. The van der Waals surface area contributed by atoms with Gasteiger partial charge in [0.15, 0.2) is 21.4 Å². The van der Waals surface area contributed by atoms with Crippen LogP contribution >= 0.6 is 11.3 Å². The highest BCUT2D eigenvalue weighted by Gasteiger charge is 2.05. The summed E-state index contributed by atoms with van der Waals surface area (Å²) < 4.78 is 0. The van der Waals surface area contributed by atoms with Gasteiger partial charge in [-0.15, -0.1) is 0 Å². The first kappa shape index (κ1) is 9.98. The molecular formula is C11H9N5S. The van der Waals surface area contributed by atoms with E-state index in [1.807, 2.05) is 30.3 Å². The second-order valence-corrected chi connectivity index (χ2v) is 4.44. The number of nitrogens with one attached hydrogen (secondary N) is 1. The number of thiazole rings is 1. The van der Waals surface area contributed by atoms with Gasteiger partial charge in [0.05, 0.1) is 6.20 Å². The van der Waals surface area contributed by atoms with E-state index in [0.717, 1.165) is 10.5 Å². The number of nitrogen functional groups attached to an aromatic ring is 1. The summed E-state index contributed by atoms with van der Waals surface area (Å²) in [5, 5.41) is 3.65. The molecule has 0 saturated heterocycles. The fourth-order valence-corrected chi connectivity index (χ4v) is 2.13. The third kappa shape index (κ3) is 2.02. The number of nitrogens with two attached hydrogens (primary N) is 1.